The number of carboxylic acids is 1. The molecule has 0 aliphatic carbocycles. The van der Waals surface area contributed by atoms with Gasteiger partial charge in [-0.3, -0.25) is 4.79 Å². The van der Waals surface area contributed by atoms with Crippen molar-refractivity contribution in [3.63, 3.8) is 0 Å². The van der Waals surface area contributed by atoms with Gasteiger partial charge in [-0.15, -0.1) is 0 Å². The first-order valence-corrected chi connectivity index (χ1v) is 6.18. The summed E-state index contributed by atoms with van der Waals surface area (Å²) in [6, 6.07) is 0.0779. The monoisotopic (exact) mass is 240 g/mol. The van der Waals surface area contributed by atoms with Crippen LogP contribution in [0.5, 0.6) is 0 Å². The van der Waals surface area contributed by atoms with Gasteiger partial charge >= 0.3 is 12.0 Å². The number of carbonyl (C=O) groups excluding carboxylic acids is 1. The van der Waals surface area contributed by atoms with E-state index in [1.807, 2.05) is 4.90 Å². The van der Waals surface area contributed by atoms with E-state index in [4.69, 9.17) is 5.11 Å². The number of likely N-dealkylation sites (tertiary alicyclic amines) is 2. The highest BCUT2D eigenvalue weighted by molar-refractivity contribution is 5.77. The highest BCUT2D eigenvalue weighted by Gasteiger charge is 2.41. The normalized spacial score (nSPS) is 23.6. The second-order valence-corrected chi connectivity index (χ2v) is 5.72. The van der Waals surface area contributed by atoms with E-state index < -0.39 is 5.97 Å². The van der Waals surface area contributed by atoms with Crippen molar-refractivity contribution in [2.24, 2.45) is 5.92 Å². The number of amides is 2. The van der Waals surface area contributed by atoms with Crippen molar-refractivity contribution >= 4 is 12.0 Å². The zero-order chi connectivity index (χ0) is 12.6. The van der Waals surface area contributed by atoms with Crippen LogP contribution in [0.4, 0.5) is 4.79 Å². The molecule has 0 saturated carbocycles. The van der Waals surface area contributed by atoms with E-state index >= 15 is 0 Å². The van der Waals surface area contributed by atoms with E-state index in [2.05, 4.69) is 13.8 Å². The SMILES string of the molecule is CC1(C)CCCN1C(=O)N1CC(CC(=O)O)C1. The van der Waals surface area contributed by atoms with Crippen molar-refractivity contribution < 1.29 is 14.7 Å². The maximum atomic E-state index is 12.2. The van der Waals surface area contributed by atoms with E-state index in [1.165, 1.54) is 0 Å². The maximum Gasteiger partial charge on any atom is 0.320 e. The first-order valence-electron chi connectivity index (χ1n) is 6.18. The second-order valence-electron chi connectivity index (χ2n) is 5.72. The molecule has 2 amide bonds. The van der Waals surface area contributed by atoms with Crippen LogP contribution < -0.4 is 0 Å². The van der Waals surface area contributed by atoms with Crippen LogP contribution in [0.2, 0.25) is 0 Å². The van der Waals surface area contributed by atoms with Crippen molar-refractivity contribution in [1.82, 2.24) is 9.80 Å². The number of nitrogens with zero attached hydrogens (tertiary/aromatic N) is 2. The Morgan fingerprint density at radius 3 is 2.47 bits per heavy atom. The van der Waals surface area contributed by atoms with Crippen molar-refractivity contribution in [1.29, 1.82) is 0 Å². The summed E-state index contributed by atoms with van der Waals surface area (Å²) in [7, 11) is 0. The zero-order valence-electron chi connectivity index (χ0n) is 10.5. The third-order valence-electron chi connectivity index (χ3n) is 3.82. The molecule has 0 aromatic rings. The van der Waals surface area contributed by atoms with Gasteiger partial charge in [0.25, 0.3) is 0 Å². The minimum atomic E-state index is -0.774. The number of carboxylic acid groups (broad SMARTS) is 1. The molecule has 0 bridgehead atoms. The number of hydrogen-bond donors (Lipinski definition) is 1. The Morgan fingerprint density at radius 1 is 1.35 bits per heavy atom. The molecule has 2 aliphatic heterocycles. The zero-order valence-corrected chi connectivity index (χ0v) is 10.5. The summed E-state index contributed by atoms with van der Waals surface area (Å²) in [5.41, 5.74) is -0.0467. The molecule has 5 heteroatoms. The van der Waals surface area contributed by atoms with Gasteiger partial charge in [-0.25, -0.2) is 4.79 Å². The molecule has 2 heterocycles. The summed E-state index contributed by atoms with van der Waals surface area (Å²) in [6.45, 7) is 6.19. The summed E-state index contributed by atoms with van der Waals surface area (Å²) in [5.74, 6) is -0.634. The number of rotatable bonds is 2. The Balaban J connectivity index is 1.85. The fraction of sp³-hybridized carbons (Fsp3) is 0.833. The summed E-state index contributed by atoms with van der Waals surface area (Å²) >= 11 is 0. The Labute approximate surface area is 101 Å². The lowest BCUT2D eigenvalue weighted by molar-refractivity contribution is -0.139. The van der Waals surface area contributed by atoms with Crippen molar-refractivity contribution in [2.45, 2.75) is 38.6 Å². The van der Waals surface area contributed by atoms with E-state index in [1.54, 1.807) is 4.90 Å². The fourth-order valence-corrected chi connectivity index (χ4v) is 2.73. The first-order chi connectivity index (χ1) is 7.90. The molecule has 5 nitrogen and oxygen atoms in total. The molecule has 1 N–H and O–H groups in total. The van der Waals surface area contributed by atoms with E-state index in [0.717, 1.165) is 19.4 Å². The van der Waals surface area contributed by atoms with Crippen LogP contribution >= 0.6 is 0 Å². The summed E-state index contributed by atoms with van der Waals surface area (Å²) < 4.78 is 0. The highest BCUT2D eigenvalue weighted by atomic mass is 16.4. The summed E-state index contributed by atoms with van der Waals surface area (Å²) in [4.78, 5) is 26.4. The molecule has 2 saturated heterocycles. The van der Waals surface area contributed by atoms with Gasteiger partial charge in [0.05, 0.1) is 6.42 Å². The first kappa shape index (κ1) is 12.2. The highest BCUT2D eigenvalue weighted by Crippen LogP contribution is 2.31. The molecule has 0 aromatic carbocycles. The van der Waals surface area contributed by atoms with Gasteiger partial charge in [0.15, 0.2) is 0 Å². The van der Waals surface area contributed by atoms with Gasteiger partial charge in [0, 0.05) is 31.1 Å². The minimum Gasteiger partial charge on any atom is -0.481 e. The predicted octanol–water partition coefficient (Wildman–Crippen LogP) is 1.39. The molecule has 2 rings (SSSR count). The molecule has 17 heavy (non-hydrogen) atoms. The lowest BCUT2D eigenvalue weighted by Gasteiger charge is -2.43. The minimum absolute atomic E-state index is 0.0467. The number of aliphatic carboxylic acids is 1. The predicted molar refractivity (Wildman–Crippen MR) is 62.7 cm³/mol. The smallest absolute Gasteiger partial charge is 0.320 e. The van der Waals surface area contributed by atoms with Gasteiger partial charge < -0.3 is 14.9 Å². The molecular weight excluding hydrogens is 220 g/mol. The molecule has 0 spiro atoms. The fourth-order valence-electron chi connectivity index (χ4n) is 2.73. The van der Waals surface area contributed by atoms with Crippen LogP contribution in [0.3, 0.4) is 0 Å². The number of hydrogen-bond acceptors (Lipinski definition) is 2. The van der Waals surface area contributed by atoms with Gasteiger partial charge in [0.2, 0.25) is 0 Å². The Bertz CT molecular complexity index is 335. The molecule has 2 fully saturated rings. The Kier molecular flexibility index (Phi) is 3.02. The van der Waals surface area contributed by atoms with Crippen LogP contribution in [0, 0.1) is 5.92 Å². The van der Waals surface area contributed by atoms with Gasteiger partial charge in [-0.05, 0) is 26.7 Å². The van der Waals surface area contributed by atoms with Crippen molar-refractivity contribution in [3.05, 3.63) is 0 Å². The van der Waals surface area contributed by atoms with Gasteiger partial charge in [0.1, 0.15) is 0 Å². The lowest BCUT2D eigenvalue weighted by atomic mass is 9.96. The quantitative estimate of drug-likeness (QED) is 0.793. The van der Waals surface area contributed by atoms with E-state index in [-0.39, 0.29) is 23.9 Å². The average Bonchev–Trinajstić information content (AvgIpc) is 2.49. The molecule has 0 unspecified atom stereocenters. The van der Waals surface area contributed by atoms with Crippen LogP contribution in [0.1, 0.15) is 33.1 Å². The molecule has 0 aromatic heterocycles. The largest absolute Gasteiger partial charge is 0.481 e. The molecule has 0 atom stereocenters. The topological polar surface area (TPSA) is 60.9 Å². The van der Waals surface area contributed by atoms with Gasteiger partial charge in [-0.2, -0.15) is 0 Å². The third kappa shape index (κ3) is 2.37. The van der Waals surface area contributed by atoms with Crippen LogP contribution in [-0.2, 0) is 4.79 Å². The van der Waals surface area contributed by atoms with Crippen LogP contribution in [0.15, 0.2) is 0 Å². The van der Waals surface area contributed by atoms with Crippen molar-refractivity contribution in [3.8, 4) is 0 Å². The van der Waals surface area contributed by atoms with Crippen LogP contribution in [-0.4, -0.2) is 52.1 Å². The standard InChI is InChI=1S/C12H20N2O3/c1-12(2)4-3-5-14(12)11(17)13-7-9(8-13)6-10(15)16/h9H,3-8H2,1-2H3,(H,15,16). The summed E-state index contributed by atoms with van der Waals surface area (Å²) in [6.07, 6.45) is 2.28. The Morgan fingerprint density at radius 2 is 2.00 bits per heavy atom. The molecule has 2 aliphatic rings. The Hall–Kier alpha value is -1.26. The third-order valence-corrected chi connectivity index (χ3v) is 3.82. The number of carbonyl (C=O) groups is 2. The van der Waals surface area contributed by atoms with E-state index in [0.29, 0.717) is 13.1 Å². The number of urea groups is 1. The lowest BCUT2D eigenvalue weighted by Crippen LogP contribution is -2.58. The summed E-state index contributed by atoms with van der Waals surface area (Å²) in [5, 5.41) is 8.65. The average molecular weight is 240 g/mol. The molecule has 96 valence electrons. The van der Waals surface area contributed by atoms with Crippen molar-refractivity contribution in [2.75, 3.05) is 19.6 Å². The maximum absolute atomic E-state index is 12.2. The van der Waals surface area contributed by atoms with Crippen LogP contribution in [0.25, 0.3) is 0 Å². The van der Waals surface area contributed by atoms with E-state index in [9.17, 15) is 9.59 Å². The van der Waals surface area contributed by atoms with Gasteiger partial charge in [-0.1, -0.05) is 0 Å². The molecular formula is C12H20N2O3. The second kappa shape index (κ2) is 4.20. The molecule has 0 radical (unpaired) electrons.